The lowest BCUT2D eigenvalue weighted by molar-refractivity contribution is -0.151. The lowest BCUT2D eigenvalue weighted by Crippen LogP contribution is -2.33. The van der Waals surface area contributed by atoms with Gasteiger partial charge in [0.2, 0.25) is 5.41 Å². The van der Waals surface area contributed by atoms with Crippen LogP contribution in [0.2, 0.25) is 0 Å². The number of nitriles is 1. The molecule has 0 bridgehead atoms. The van der Waals surface area contributed by atoms with Crippen LogP contribution in [0.5, 0.6) is 0 Å². The molecule has 0 saturated heterocycles. The van der Waals surface area contributed by atoms with Crippen LogP contribution < -0.4 is 0 Å². The Bertz CT molecular complexity index is 187. The number of rotatable bonds is 2. The highest BCUT2D eigenvalue weighted by atomic mass is 19.3. The van der Waals surface area contributed by atoms with E-state index in [0.717, 1.165) is 6.07 Å². The molecule has 1 N–H and O–H groups in total. The zero-order chi connectivity index (χ0) is 8.36. The smallest absolute Gasteiger partial charge is 0.329 e. The van der Waals surface area contributed by atoms with Crippen LogP contribution in [0.4, 0.5) is 8.78 Å². The molecule has 0 radical (unpaired) electrons. The first-order valence-electron chi connectivity index (χ1n) is 2.38. The second kappa shape index (κ2) is 2.60. The normalized spacial score (nSPS) is 15.9. The van der Waals surface area contributed by atoms with Crippen LogP contribution in [0.3, 0.4) is 0 Å². The van der Waals surface area contributed by atoms with Crippen LogP contribution in [0.1, 0.15) is 6.92 Å². The maximum absolute atomic E-state index is 11.7. The van der Waals surface area contributed by atoms with Crippen molar-refractivity contribution in [2.45, 2.75) is 13.3 Å². The van der Waals surface area contributed by atoms with Gasteiger partial charge in [0.1, 0.15) is 0 Å². The molecule has 0 heterocycles. The first kappa shape index (κ1) is 8.82. The van der Waals surface area contributed by atoms with Gasteiger partial charge in [-0.2, -0.15) is 5.26 Å². The third-order valence-electron chi connectivity index (χ3n) is 1.11. The quantitative estimate of drug-likeness (QED) is 0.633. The summed E-state index contributed by atoms with van der Waals surface area (Å²) in [6.07, 6.45) is -3.16. The molecule has 0 saturated carbocycles. The van der Waals surface area contributed by atoms with Gasteiger partial charge in [0.25, 0.3) is 6.43 Å². The van der Waals surface area contributed by atoms with Crippen molar-refractivity contribution >= 4 is 5.97 Å². The molecule has 0 aliphatic heterocycles. The monoisotopic (exact) mass is 149 g/mol. The summed E-state index contributed by atoms with van der Waals surface area (Å²) in [7, 11) is 0. The Morgan fingerprint density at radius 1 is 1.80 bits per heavy atom. The van der Waals surface area contributed by atoms with E-state index in [2.05, 4.69) is 0 Å². The molecule has 10 heavy (non-hydrogen) atoms. The van der Waals surface area contributed by atoms with Gasteiger partial charge in [-0.05, 0) is 6.92 Å². The molecule has 56 valence electrons. The molecular formula is C5H5F2NO2. The van der Waals surface area contributed by atoms with E-state index in [1.54, 1.807) is 0 Å². The lowest BCUT2D eigenvalue weighted by Gasteiger charge is -2.13. The molecule has 0 unspecified atom stereocenters. The maximum atomic E-state index is 11.7. The van der Waals surface area contributed by atoms with Gasteiger partial charge >= 0.3 is 5.97 Å². The fourth-order valence-electron chi connectivity index (χ4n) is 0.190. The number of aliphatic carboxylic acids is 1. The van der Waals surface area contributed by atoms with Crippen molar-refractivity contribution in [2.75, 3.05) is 0 Å². The Hall–Kier alpha value is -1.18. The zero-order valence-corrected chi connectivity index (χ0v) is 5.14. The number of carbonyl (C=O) groups is 1. The predicted octanol–water partition coefficient (Wildman–Crippen LogP) is 0.866. The minimum absolute atomic E-state index is 0.681. The highest BCUT2D eigenvalue weighted by Gasteiger charge is 2.43. The summed E-state index contributed by atoms with van der Waals surface area (Å²) in [5.41, 5.74) is -2.57. The molecule has 0 aliphatic rings. The summed E-state index contributed by atoms with van der Waals surface area (Å²) in [6.45, 7) is 0.681. The summed E-state index contributed by atoms with van der Waals surface area (Å²) in [4.78, 5) is 9.99. The van der Waals surface area contributed by atoms with Crippen molar-refractivity contribution in [1.82, 2.24) is 0 Å². The summed E-state index contributed by atoms with van der Waals surface area (Å²) in [5, 5.41) is 16.1. The van der Waals surface area contributed by atoms with Gasteiger partial charge in [-0.25, -0.2) is 8.78 Å². The molecule has 0 aromatic carbocycles. The molecule has 0 rings (SSSR count). The number of alkyl halides is 2. The number of nitrogens with zero attached hydrogens (tertiary/aromatic N) is 1. The SMILES string of the molecule is C[C@](C#N)(C(=O)O)C(F)F. The molecule has 1 atom stereocenters. The first-order chi connectivity index (χ1) is 4.45. The predicted molar refractivity (Wildman–Crippen MR) is 27.4 cm³/mol. The third-order valence-corrected chi connectivity index (χ3v) is 1.11. The Labute approximate surface area is 55.9 Å². The van der Waals surface area contributed by atoms with Crippen LogP contribution in [-0.2, 0) is 4.79 Å². The van der Waals surface area contributed by atoms with Gasteiger partial charge in [-0.3, -0.25) is 4.79 Å². The molecule has 5 heteroatoms. The van der Waals surface area contributed by atoms with Crippen LogP contribution in [0.15, 0.2) is 0 Å². The Balaban J connectivity index is 4.60. The molecule has 0 fully saturated rings. The van der Waals surface area contributed by atoms with Gasteiger partial charge < -0.3 is 5.11 Å². The highest BCUT2D eigenvalue weighted by Crippen LogP contribution is 2.24. The van der Waals surface area contributed by atoms with Crippen LogP contribution >= 0.6 is 0 Å². The zero-order valence-electron chi connectivity index (χ0n) is 5.14. The van der Waals surface area contributed by atoms with Crippen LogP contribution in [0, 0.1) is 16.7 Å². The van der Waals surface area contributed by atoms with E-state index in [1.165, 1.54) is 0 Å². The number of hydrogen-bond donors (Lipinski definition) is 1. The third kappa shape index (κ3) is 1.21. The van der Waals surface area contributed by atoms with Crippen molar-refractivity contribution in [3.8, 4) is 6.07 Å². The van der Waals surface area contributed by atoms with Crippen LogP contribution in [-0.4, -0.2) is 17.5 Å². The Morgan fingerprint density at radius 2 is 2.20 bits per heavy atom. The molecule has 0 aliphatic carbocycles. The molecule has 0 spiro atoms. The van der Waals surface area contributed by atoms with Gasteiger partial charge in [-0.1, -0.05) is 0 Å². The van der Waals surface area contributed by atoms with Gasteiger partial charge in [-0.15, -0.1) is 0 Å². The topological polar surface area (TPSA) is 61.1 Å². The second-order valence-corrected chi connectivity index (χ2v) is 1.92. The van der Waals surface area contributed by atoms with E-state index < -0.39 is 17.8 Å². The average Bonchev–Trinajstić information content (AvgIpc) is 1.85. The standard InChI is InChI=1S/C5H5F2NO2/c1-5(2-8,3(6)7)4(9)10/h3H,1H3,(H,9,10)/t5-/m1/s1. The van der Waals surface area contributed by atoms with E-state index in [4.69, 9.17) is 10.4 Å². The molecule has 0 aromatic heterocycles. The largest absolute Gasteiger partial charge is 0.480 e. The minimum atomic E-state index is -3.16. The second-order valence-electron chi connectivity index (χ2n) is 1.92. The number of carboxylic acid groups (broad SMARTS) is 1. The van der Waals surface area contributed by atoms with Crippen molar-refractivity contribution in [3.63, 3.8) is 0 Å². The van der Waals surface area contributed by atoms with Crippen LogP contribution in [0.25, 0.3) is 0 Å². The van der Waals surface area contributed by atoms with E-state index in [0.29, 0.717) is 6.92 Å². The van der Waals surface area contributed by atoms with E-state index in [1.807, 2.05) is 0 Å². The Kier molecular flexibility index (Phi) is 2.30. The highest BCUT2D eigenvalue weighted by molar-refractivity contribution is 5.77. The van der Waals surface area contributed by atoms with Gasteiger partial charge in [0.15, 0.2) is 0 Å². The van der Waals surface area contributed by atoms with Crippen molar-refractivity contribution < 1.29 is 18.7 Å². The van der Waals surface area contributed by atoms with E-state index >= 15 is 0 Å². The van der Waals surface area contributed by atoms with E-state index in [9.17, 15) is 13.6 Å². The summed E-state index contributed by atoms with van der Waals surface area (Å²) < 4.78 is 23.5. The Morgan fingerprint density at radius 3 is 2.20 bits per heavy atom. The number of carboxylic acids is 1. The molecule has 0 aromatic rings. The fourth-order valence-corrected chi connectivity index (χ4v) is 0.190. The van der Waals surface area contributed by atoms with Crippen molar-refractivity contribution in [3.05, 3.63) is 0 Å². The fraction of sp³-hybridized carbons (Fsp3) is 0.600. The van der Waals surface area contributed by atoms with Gasteiger partial charge in [0, 0.05) is 0 Å². The summed E-state index contributed by atoms with van der Waals surface area (Å²) >= 11 is 0. The number of halogens is 2. The summed E-state index contributed by atoms with van der Waals surface area (Å²) in [5.74, 6) is -1.80. The number of hydrogen-bond acceptors (Lipinski definition) is 2. The average molecular weight is 149 g/mol. The van der Waals surface area contributed by atoms with Crippen molar-refractivity contribution in [2.24, 2.45) is 5.41 Å². The molecule has 3 nitrogen and oxygen atoms in total. The first-order valence-corrected chi connectivity index (χ1v) is 2.38. The van der Waals surface area contributed by atoms with E-state index in [-0.39, 0.29) is 0 Å². The maximum Gasteiger partial charge on any atom is 0.329 e. The van der Waals surface area contributed by atoms with Crippen molar-refractivity contribution in [1.29, 1.82) is 5.26 Å². The van der Waals surface area contributed by atoms with Gasteiger partial charge in [0.05, 0.1) is 6.07 Å². The summed E-state index contributed by atoms with van der Waals surface area (Å²) in [6, 6.07) is 1.03. The molecule has 0 amide bonds. The lowest BCUT2D eigenvalue weighted by atomic mass is 9.94. The molecular weight excluding hydrogens is 144 g/mol. The minimum Gasteiger partial charge on any atom is -0.480 e.